The number of aromatic nitrogens is 1. The van der Waals surface area contributed by atoms with Gasteiger partial charge in [0.05, 0.1) is 6.04 Å². The first-order chi connectivity index (χ1) is 15.2. The number of anilines is 1. The summed E-state index contributed by atoms with van der Waals surface area (Å²) in [5, 5.41) is 4.06. The van der Waals surface area contributed by atoms with E-state index in [4.69, 9.17) is 0 Å². The van der Waals surface area contributed by atoms with Crippen molar-refractivity contribution in [3.05, 3.63) is 65.9 Å². The van der Waals surface area contributed by atoms with Crippen LogP contribution in [0.3, 0.4) is 0 Å². The minimum absolute atomic E-state index is 0.0110. The lowest BCUT2D eigenvalue weighted by molar-refractivity contribution is -0.121. The number of nitrogens with one attached hydrogen (secondary N) is 2. The average Bonchev–Trinajstić information content (AvgIpc) is 3.22. The molecule has 1 unspecified atom stereocenters. The minimum Gasteiger partial charge on any atom is -0.351 e. The lowest BCUT2D eigenvalue weighted by atomic mass is 9.87. The van der Waals surface area contributed by atoms with Gasteiger partial charge in [-0.3, -0.25) is 14.5 Å². The Morgan fingerprint density at radius 1 is 0.969 bits per heavy atom. The van der Waals surface area contributed by atoms with Gasteiger partial charge in [0.15, 0.2) is 0 Å². The molecular formula is C26H32N4O2. The van der Waals surface area contributed by atoms with Crippen LogP contribution in [0.15, 0.2) is 54.6 Å². The molecule has 2 N–H and O–H groups in total. The molecule has 32 heavy (non-hydrogen) atoms. The first-order valence-electron chi connectivity index (χ1n) is 11.2. The first-order valence-corrected chi connectivity index (χ1v) is 11.2. The van der Waals surface area contributed by atoms with Crippen LogP contribution < -0.4 is 5.32 Å². The van der Waals surface area contributed by atoms with Gasteiger partial charge < -0.3 is 15.2 Å². The summed E-state index contributed by atoms with van der Waals surface area (Å²) in [6.07, 6.45) is 0. The third-order valence-corrected chi connectivity index (χ3v) is 6.31. The van der Waals surface area contributed by atoms with Gasteiger partial charge in [-0.15, -0.1) is 0 Å². The van der Waals surface area contributed by atoms with E-state index in [0.29, 0.717) is 31.9 Å². The van der Waals surface area contributed by atoms with Crippen molar-refractivity contribution in [2.24, 2.45) is 0 Å². The van der Waals surface area contributed by atoms with Crippen molar-refractivity contribution in [3.63, 3.8) is 0 Å². The Bertz CT molecular complexity index is 1070. The highest BCUT2D eigenvalue weighted by atomic mass is 16.2. The fourth-order valence-electron chi connectivity index (χ4n) is 4.14. The van der Waals surface area contributed by atoms with Crippen molar-refractivity contribution in [1.29, 1.82) is 0 Å². The second-order valence-corrected chi connectivity index (χ2v) is 9.59. The number of fused-ring (bicyclic) bond motifs is 1. The molecule has 1 aromatic heterocycles. The van der Waals surface area contributed by atoms with E-state index in [2.05, 4.69) is 48.1 Å². The molecule has 0 aliphatic carbocycles. The quantitative estimate of drug-likeness (QED) is 0.648. The van der Waals surface area contributed by atoms with E-state index in [1.54, 1.807) is 0 Å². The van der Waals surface area contributed by atoms with Crippen molar-refractivity contribution in [3.8, 4) is 0 Å². The van der Waals surface area contributed by atoms with Crippen LogP contribution in [0.2, 0.25) is 0 Å². The third kappa shape index (κ3) is 4.70. The van der Waals surface area contributed by atoms with Crippen molar-refractivity contribution in [2.45, 2.75) is 39.2 Å². The number of rotatable bonds is 4. The molecule has 6 heteroatoms. The molecule has 3 aromatic rings. The van der Waals surface area contributed by atoms with Gasteiger partial charge in [-0.2, -0.15) is 0 Å². The van der Waals surface area contributed by atoms with E-state index in [0.717, 1.165) is 16.6 Å². The van der Waals surface area contributed by atoms with Gasteiger partial charge in [-0.1, -0.05) is 51.1 Å². The van der Waals surface area contributed by atoms with Gasteiger partial charge >= 0.3 is 0 Å². The van der Waals surface area contributed by atoms with E-state index in [9.17, 15) is 9.59 Å². The molecular weight excluding hydrogens is 400 g/mol. The molecule has 0 saturated carbocycles. The number of amides is 2. The molecule has 2 amide bonds. The first kappa shape index (κ1) is 22.1. The van der Waals surface area contributed by atoms with Gasteiger partial charge in [0.2, 0.25) is 5.91 Å². The van der Waals surface area contributed by atoms with E-state index in [1.165, 1.54) is 5.56 Å². The Labute approximate surface area is 189 Å². The summed E-state index contributed by atoms with van der Waals surface area (Å²) in [7, 11) is 0. The second-order valence-electron chi connectivity index (χ2n) is 9.59. The number of nitrogens with zero attached hydrogens (tertiary/aromatic N) is 2. The molecule has 1 fully saturated rings. The zero-order valence-electron chi connectivity index (χ0n) is 19.3. The summed E-state index contributed by atoms with van der Waals surface area (Å²) in [4.78, 5) is 32.9. The van der Waals surface area contributed by atoms with Crippen molar-refractivity contribution >= 4 is 28.4 Å². The van der Waals surface area contributed by atoms with Crippen molar-refractivity contribution in [1.82, 2.24) is 14.8 Å². The highest BCUT2D eigenvalue weighted by molar-refractivity contribution is 5.98. The standard InChI is InChI=1S/C26H32N4O2/c1-18(24(31)27-21-11-9-20(10-12-21)26(2,3)4)29-13-15-30(16-14-29)25(32)23-17-19-7-5-6-8-22(19)28-23/h5-12,17-18,28H,13-16H2,1-4H3,(H,27,31). The summed E-state index contributed by atoms with van der Waals surface area (Å²) in [6, 6.07) is 17.6. The molecule has 0 bridgehead atoms. The molecule has 1 aliphatic heterocycles. The molecule has 2 heterocycles. The average molecular weight is 433 g/mol. The lowest BCUT2D eigenvalue weighted by Crippen LogP contribution is -2.54. The number of H-pyrrole nitrogens is 1. The molecule has 1 saturated heterocycles. The predicted octanol–water partition coefficient (Wildman–Crippen LogP) is 4.25. The minimum atomic E-state index is -0.261. The molecule has 0 radical (unpaired) electrons. The van der Waals surface area contributed by atoms with Gasteiger partial charge in [0, 0.05) is 42.8 Å². The molecule has 168 valence electrons. The van der Waals surface area contributed by atoms with E-state index < -0.39 is 0 Å². The number of hydrogen-bond acceptors (Lipinski definition) is 3. The van der Waals surface area contributed by atoms with Gasteiger partial charge in [-0.25, -0.2) is 0 Å². The predicted molar refractivity (Wildman–Crippen MR) is 129 cm³/mol. The Morgan fingerprint density at radius 2 is 1.62 bits per heavy atom. The van der Waals surface area contributed by atoms with Crippen LogP contribution in [-0.4, -0.2) is 58.8 Å². The van der Waals surface area contributed by atoms with E-state index in [1.807, 2.05) is 54.3 Å². The number of carbonyl (C=O) groups is 2. The van der Waals surface area contributed by atoms with E-state index >= 15 is 0 Å². The normalized spacial score (nSPS) is 16.2. The van der Waals surface area contributed by atoms with Crippen LogP contribution in [0.25, 0.3) is 10.9 Å². The number of hydrogen-bond donors (Lipinski definition) is 2. The Hall–Kier alpha value is -3.12. The highest BCUT2D eigenvalue weighted by Gasteiger charge is 2.28. The summed E-state index contributed by atoms with van der Waals surface area (Å²) in [5.41, 5.74) is 3.71. The molecule has 6 nitrogen and oxygen atoms in total. The summed E-state index contributed by atoms with van der Waals surface area (Å²) >= 11 is 0. The lowest BCUT2D eigenvalue weighted by Gasteiger charge is -2.37. The zero-order chi connectivity index (χ0) is 22.9. The molecule has 2 aromatic carbocycles. The Morgan fingerprint density at radius 3 is 2.25 bits per heavy atom. The van der Waals surface area contributed by atoms with Crippen LogP contribution >= 0.6 is 0 Å². The Kier molecular flexibility index (Phi) is 6.07. The molecule has 1 atom stereocenters. The van der Waals surface area contributed by atoms with Crippen LogP contribution in [0.4, 0.5) is 5.69 Å². The second kappa shape index (κ2) is 8.79. The number of piperazine rings is 1. The third-order valence-electron chi connectivity index (χ3n) is 6.31. The van der Waals surface area contributed by atoms with Gasteiger partial charge in [0.1, 0.15) is 5.69 Å². The maximum absolute atomic E-state index is 12.9. The number of para-hydroxylation sites is 1. The fourth-order valence-corrected chi connectivity index (χ4v) is 4.14. The highest BCUT2D eigenvalue weighted by Crippen LogP contribution is 2.24. The van der Waals surface area contributed by atoms with Crippen molar-refractivity contribution < 1.29 is 9.59 Å². The summed E-state index contributed by atoms with van der Waals surface area (Å²) < 4.78 is 0. The zero-order valence-corrected chi connectivity index (χ0v) is 19.3. The Balaban J connectivity index is 1.32. The number of aromatic amines is 1. The van der Waals surface area contributed by atoms with E-state index in [-0.39, 0.29) is 23.3 Å². The number of benzene rings is 2. The SMILES string of the molecule is CC(C(=O)Nc1ccc(C(C)(C)C)cc1)N1CCN(C(=O)c2cc3ccccc3[nH]2)CC1. The van der Waals surface area contributed by atoms with Crippen LogP contribution in [-0.2, 0) is 10.2 Å². The maximum atomic E-state index is 12.9. The van der Waals surface area contributed by atoms with Gasteiger partial charge in [-0.05, 0) is 42.2 Å². The van der Waals surface area contributed by atoms with Crippen LogP contribution in [0.1, 0.15) is 43.7 Å². The largest absolute Gasteiger partial charge is 0.351 e. The van der Waals surface area contributed by atoms with Crippen LogP contribution in [0.5, 0.6) is 0 Å². The molecule has 4 rings (SSSR count). The number of carbonyl (C=O) groups excluding carboxylic acids is 2. The van der Waals surface area contributed by atoms with Crippen LogP contribution in [0, 0.1) is 0 Å². The molecule has 0 spiro atoms. The van der Waals surface area contributed by atoms with Gasteiger partial charge in [0.25, 0.3) is 5.91 Å². The maximum Gasteiger partial charge on any atom is 0.270 e. The summed E-state index contributed by atoms with van der Waals surface area (Å²) in [6.45, 7) is 11.0. The molecule has 1 aliphatic rings. The monoisotopic (exact) mass is 432 g/mol. The van der Waals surface area contributed by atoms with Crippen molar-refractivity contribution in [2.75, 3.05) is 31.5 Å². The smallest absolute Gasteiger partial charge is 0.270 e. The fraction of sp³-hybridized carbons (Fsp3) is 0.385. The summed E-state index contributed by atoms with van der Waals surface area (Å²) in [5.74, 6) is -0.0132. The topological polar surface area (TPSA) is 68.4 Å².